The van der Waals surface area contributed by atoms with E-state index < -0.39 is 11.6 Å². The lowest BCUT2D eigenvalue weighted by Gasteiger charge is -2.34. The molecule has 1 saturated heterocycles. The molecule has 5 rings (SSSR count). The highest BCUT2D eigenvalue weighted by molar-refractivity contribution is 5.95. The Hall–Kier alpha value is -3.00. The van der Waals surface area contributed by atoms with Crippen molar-refractivity contribution in [3.63, 3.8) is 0 Å². The van der Waals surface area contributed by atoms with Crippen molar-refractivity contribution in [3.8, 4) is 0 Å². The number of imidazole rings is 1. The number of nitrogens with zero attached hydrogens (tertiary/aromatic N) is 3. The summed E-state index contributed by atoms with van der Waals surface area (Å²) < 4.78 is 34.8. The average molecular weight is 483 g/mol. The lowest BCUT2D eigenvalue weighted by atomic mass is 9.95. The number of benzene rings is 2. The molecule has 0 spiro atoms. The summed E-state index contributed by atoms with van der Waals surface area (Å²) >= 11 is 0. The zero-order chi connectivity index (χ0) is 24.7. The van der Waals surface area contributed by atoms with Crippen LogP contribution in [-0.4, -0.2) is 41.9 Å². The van der Waals surface area contributed by atoms with Crippen molar-refractivity contribution in [1.29, 1.82) is 0 Å². The van der Waals surface area contributed by atoms with E-state index in [2.05, 4.69) is 22.9 Å². The molecule has 2 aliphatic heterocycles. The predicted molar refractivity (Wildman–Crippen MR) is 132 cm³/mol. The quantitative estimate of drug-likeness (QED) is 0.534. The van der Waals surface area contributed by atoms with Gasteiger partial charge in [-0.2, -0.15) is 0 Å². The summed E-state index contributed by atoms with van der Waals surface area (Å²) in [6, 6.07) is 8.56. The van der Waals surface area contributed by atoms with Crippen LogP contribution in [0.5, 0.6) is 0 Å². The van der Waals surface area contributed by atoms with Gasteiger partial charge in [0.05, 0.1) is 23.8 Å². The molecule has 1 N–H and O–H groups in total. The number of fused-ring (bicyclic) bond motifs is 3. The number of anilines is 1. The Kier molecular flexibility index (Phi) is 6.49. The van der Waals surface area contributed by atoms with Crippen molar-refractivity contribution in [2.75, 3.05) is 25.1 Å². The van der Waals surface area contributed by atoms with Gasteiger partial charge < -0.3 is 14.6 Å². The van der Waals surface area contributed by atoms with E-state index in [1.165, 1.54) is 19.2 Å². The first kappa shape index (κ1) is 23.7. The molecule has 1 aromatic heterocycles. The monoisotopic (exact) mass is 482 g/mol. The highest BCUT2D eigenvalue weighted by atomic mass is 19.2. The van der Waals surface area contributed by atoms with Gasteiger partial charge in [0.1, 0.15) is 5.82 Å². The number of carbonyl (C=O) groups is 1. The second-order valence-corrected chi connectivity index (χ2v) is 9.83. The van der Waals surface area contributed by atoms with Gasteiger partial charge in [-0.15, -0.1) is 0 Å². The Morgan fingerprint density at radius 1 is 1.17 bits per heavy atom. The van der Waals surface area contributed by atoms with Gasteiger partial charge in [-0.1, -0.05) is 13.0 Å². The number of hydrogen-bond acceptors (Lipinski definition) is 4. The molecule has 1 fully saturated rings. The van der Waals surface area contributed by atoms with Crippen LogP contribution in [0.3, 0.4) is 0 Å². The van der Waals surface area contributed by atoms with Crippen LogP contribution in [0.4, 0.5) is 19.3 Å². The van der Waals surface area contributed by atoms with Gasteiger partial charge in [0.25, 0.3) is 0 Å². The third-order valence-electron chi connectivity index (χ3n) is 7.49. The molecule has 1 amide bonds. The van der Waals surface area contributed by atoms with Gasteiger partial charge in [-0.3, -0.25) is 4.90 Å². The molecule has 3 aromatic rings. The summed E-state index contributed by atoms with van der Waals surface area (Å²) in [7, 11) is 1.41. The van der Waals surface area contributed by atoms with E-state index in [0.29, 0.717) is 12.5 Å². The molecule has 0 bridgehead atoms. The number of halogens is 2. The van der Waals surface area contributed by atoms with E-state index in [0.717, 1.165) is 72.4 Å². The normalized spacial score (nSPS) is 19.6. The van der Waals surface area contributed by atoms with Crippen molar-refractivity contribution in [3.05, 3.63) is 58.9 Å². The number of ether oxygens (including phenoxy) is 1. The van der Waals surface area contributed by atoms with Crippen LogP contribution in [-0.2, 0) is 17.6 Å². The summed E-state index contributed by atoms with van der Waals surface area (Å²) in [6.07, 6.45) is 3.86. The minimum absolute atomic E-state index is 0.00276. The van der Waals surface area contributed by atoms with Gasteiger partial charge in [-0.25, -0.2) is 18.6 Å². The molecule has 2 aromatic carbocycles. The van der Waals surface area contributed by atoms with Crippen molar-refractivity contribution in [2.24, 2.45) is 0 Å². The zero-order valence-corrected chi connectivity index (χ0v) is 20.5. The number of amides is 1. The fourth-order valence-electron chi connectivity index (χ4n) is 5.70. The van der Waals surface area contributed by atoms with Crippen LogP contribution in [0.2, 0.25) is 0 Å². The maximum absolute atomic E-state index is 13.9. The van der Waals surface area contributed by atoms with Crippen LogP contribution < -0.4 is 10.2 Å². The molecule has 8 heteroatoms. The first-order chi connectivity index (χ1) is 16.9. The van der Waals surface area contributed by atoms with E-state index in [4.69, 9.17) is 9.72 Å². The van der Waals surface area contributed by atoms with Crippen LogP contribution in [0.25, 0.3) is 11.0 Å². The molecule has 0 radical (unpaired) electrons. The van der Waals surface area contributed by atoms with Gasteiger partial charge in [-0.05, 0) is 81.9 Å². The topological polar surface area (TPSA) is 59.4 Å². The maximum atomic E-state index is 13.9. The highest BCUT2D eigenvalue weighted by Gasteiger charge is 2.33. The fourth-order valence-corrected chi connectivity index (χ4v) is 5.70. The number of methoxy groups -OCH3 is 1. The van der Waals surface area contributed by atoms with Crippen molar-refractivity contribution >= 4 is 22.8 Å². The summed E-state index contributed by atoms with van der Waals surface area (Å²) in [5, 5.41) is 3.44. The molecule has 35 heavy (non-hydrogen) atoms. The number of piperidine rings is 1. The van der Waals surface area contributed by atoms with Gasteiger partial charge in [0, 0.05) is 23.6 Å². The third kappa shape index (κ3) is 4.29. The molecule has 0 aliphatic carbocycles. The van der Waals surface area contributed by atoms with E-state index in [9.17, 15) is 13.6 Å². The molecule has 2 aliphatic rings. The Labute approximate surface area is 204 Å². The minimum atomic E-state index is -0.834. The van der Waals surface area contributed by atoms with Crippen molar-refractivity contribution in [2.45, 2.75) is 64.0 Å². The smallest absolute Gasteiger partial charge is 0.414 e. The number of aryl methyl sites for hydroxylation is 1. The van der Waals surface area contributed by atoms with Gasteiger partial charge >= 0.3 is 6.09 Å². The second-order valence-electron chi connectivity index (χ2n) is 9.83. The molecular weight excluding hydrogens is 450 g/mol. The highest BCUT2D eigenvalue weighted by Crippen LogP contribution is 2.39. The predicted octanol–water partition coefficient (Wildman–Crippen LogP) is 5.49. The minimum Gasteiger partial charge on any atom is -0.452 e. The van der Waals surface area contributed by atoms with Crippen molar-refractivity contribution < 1.29 is 18.3 Å². The summed E-state index contributed by atoms with van der Waals surface area (Å²) in [5.41, 5.74) is 4.67. The molecule has 0 saturated carbocycles. The van der Waals surface area contributed by atoms with Crippen LogP contribution in [0, 0.1) is 11.6 Å². The number of nitrogens with one attached hydrogen (secondary N) is 1. The molecule has 3 heterocycles. The number of rotatable bonds is 4. The molecule has 186 valence electrons. The number of aromatic nitrogens is 2. The summed E-state index contributed by atoms with van der Waals surface area (Å²) in [6.45, 7) is 6.02. The Bertz CT molecular complexity index is 1250. The standard InChI is InChI=1S/C27H32F2N4O2/c1-16(14-18-5-7-21(28)22(29)15-18)26-31-25-20-6-4-17(2)32(27(34)35-3)23(20)8-9-24(25)33(26)19-10-12-30-13-11-19/h5,7-9,15-17,19,30H,4,6,10-14H2,1-3H3/t16?,17-/m0/s1. The van der Waals surface area contributed by atoms with Gasteiger partial charge in [0.15, 0.2) is 11.6 Å². The van der Waals surface area contributed by atoms with E-state index in [-0.39, 0.29) is 18.1 Å². The summed E-state index contributed by atoms with van der Waals surface area (Å²) in [5.74, 6) is -0.711. The first-order valence-corrected chi connectivity index (χ1v) is 12.4. The number of carbonyl (C=O) groups excluding carboxylic acids is 1. The third-order valence-corrected chi connectivity index (χ3v) is 7.49. The number of hydrogen-bond donors (Lipinski definition) is 1. The fraction of sp³-hybridized carbons (Fsp3) is 0.481. The zero-order valence-electron chi connectivity index (χ0n) is 20.5. The average Bonchev–Trinajstić information content (AvgIpc) is 3.26. The Balaban J connectivity index is 1.62. The van der Waals surface area contributed by atoms with E-state index >= 15 is 0 Å². The van der Waals surface area contributed by atoms with Crippen LogP contribution in [0.1, 0.15) is 62.0 Å². The van der Waals surface area contributed by atoms with E-state index in [1.807, 2.05) is 13.0 Å². The van der Waals surface area contributed by atoms with Crippen molar-refractivity contribution in [1.82, 2.24) is 14.9 Å². The first-order valence-electron chi connectivity index (χ1n) is 12.4. The second kappa shape index (κ2) is 9.57. The SMILES string of the molecule is COC(=O)N1c2ccc3c(nc(C(C)Cc4ccc(F)c(F)c4)n3C3CCNCC3)c2CC[C@@H]1C. The van der Waals surface area contributed by atoms with Crippen LogP contribution >= 0.6 is 0 Å². The van der Waals surface area contributed by atoms with Crippen LogP contribution in [0.15, 0.2) is 30.3 Å². The molecular formula is C27H32F2N4O2. The Morgan fingerprint density at radius 3 is 2.66 bits per heavy atom. The maximum Gasteiger partial charge on any atom is 0.414 e. The van der Waals surface area contributed by atoms with E-state index in [1.54, 1.807) is 11.0 Å². The molecule has 6 nitrogen and oxygen atoms in total. The Morgan fingerprint density at radius 2 is 1.94 bits per heavy atom. The lowest BCUT2D eigenvalue weighted by Crippen LogP contribution is -2.42. The summed E-state index contributed by atoms with van der Waals surface area (Å²) in [4.78, 5) is 19.5. The molecule has 2 atom stereocenters. The largest absolute Gasteiger partial charge is 0.452 e. The molecule has 1 unspecified atom stereocenters. The lowest BCUT2D eigenvalue weighted by molar-refractivity contribution is 0.175. The van der Waals surface area contributed by atoms with Gasteiger partial charge in [0.2, 0.25) is 0 Å².